The Kier molecular flexibility index (Phi) is 10.2. The Balaban J connectivity index is 1.44. The van der Waals surface area contributed by atoms with E-state index in [0.717, 1.165) is 40.4 Å². The number of benzene rings is 4. The van der Waals surface area contributed by atoms with E-state index in [1.807, 2.05) is 54.7 Å². The zero-order chi connectivity index (χ0) is 31.9. The van der Waals surface area contributed by atoms with Crippen molar-refractivity contribution in [1.29, 1.82) is 0 Å². The number of hydrogen-bond donors (Lipinski definition) is 1. The lowest BCUT2D eigenvalue weighted by molar-refractivity contribution is -0.137. The van der Waals surface area contributed by atoms with Crippen LogP contribution >= 0.6 is 0 Å². The zero-order valence-electron chi connectivity index (χ0n) is 26.7. The number of rotatable bonds is 13. The van der Waals surface area contributed by atoms with E-state index < -0.39 is 5.97 Å². The number of carbonyl (C=O) groups is 2. The van der Waals surface area contributed by atoms with Crippen molar-refractivity contribution in [2.75, 3.05) is 0 Å². The standard InChI is InChI=1S/C40H43NO4/c1-27(2)23-29-15-19-31(20-16-29)39(32-21-17-30(18-22-32)24-28(3)4)45-35-11-7-9-33(25-35)40(44)41-26-34(10-8-14-38(42)43)36-12-5-6-13-37(36)41/h5-7,9,11-13,15-22,25-28,39H,8,10,14,23-24H2,1-4H3,(H,42,43). The SMILES string of the molecule is CC(C)Cc1ccc(C(Oc2cccc(C(=O)n3cc(CCCC(=O)O)c4ccccc43)c2)c2ccc(CC(C)C)cc2)cc1. The van der Waals surface area contributed by atoms with Crippen LogP contribution in [0.5, 0.6) is 5.75 Å². The molecule has 0 atom stereocenters. The van der Waals surface area contributed by atoms with Crippen LogP contribution in [0.15, 0.2) is 103 Å². The van der Waals surface area contributed by atoms with Crippen molar-refractivity contribution < 1.29 is 19.4 Å². The number of aliphatic carboxylic acids is 1. The van der Waals surface area contributed by atoms with Gasteiger partial charge in [-0.2, -0.15) is 0 Å². The lowest BCUT2D eigenvalue weighted by Gasteiger charge is -2.21. The average Bonchev–Trinajstić information content (AvgIpc) is 3.38. The largest absolute Gasteiger partial charge is 0.481 e. The average molecular weight is 602 g/mol. The highest BCUT2D eigenvalue weighted by Gasteiger charge is 2.20. The van der Waals surface area contributed by atoms with E-state index in [-0.39, 0.29) is 18.4 Å². The van der Waals surface area contributed by atoms with Gasteiger partial charge in [-0.15, -0.1) is 0 Å². The molecule has 45 heavy (non-hydrogen) atoms. The Morgan fingerprint density at radius 1 is 0.756 bits per heavy atom. The van der Waals surface area contributed by atoms with E-state index in [0.29, 0.717) is 36.0 Å². The van der Waals surface area contributed by atoms with Gasteiger partial charge in [0.05, 0.1) is 5.52 Å². The number of fused-ring (bicyclic) bond motifs is 1. The fourth-order valence-electron chi connectivity index (χ4n) is 5.95. The predicted molar refractivity (Wildman–Crippen MR) is 181 cm³/mol. The summed E-state index contributed by atoms with van der Waals surface area (Å²) in [5, 5.41) is 10.1. The maximum absolute atomic E-state index is 13.9. The first-order valence-corrected chi connectivity index (χ1v) is 16.0. The molecule has 0 aliphatic rings. The van der Waals surface area contributed by atoms with Gasteiger partial charge in [0.15, 0.2) is 0 Å². The highest BCUT2D eigenvalue weighted by molar-refractivity contribution is 6.03. The molecule has 5 aromatic rings. The number of carboxylic acids is 1. The Hall–Kier alpha value is -4.64. The monoisotopic (exact) mass is 601 g/mol. The fraction of sp³-hybridized carbons (Fsp3) is 0.300. The van der Waals surface area contributed by atoms with Crippen molar-refractivity contribution in [1.82, 2.24) is 4.57 Å². The number of aryl methyl sites for hydroxylation is 1. The summed E-state index contributed by atoms with van der Waals surface area (Å²) in [5.74, 6) is 0.794. The third-order valence-electron chi connectivity index (χ3n) is 8.04. The van der Waals surface area contributed by atoms with Gasteiger partial charge >= 0.3 is 5.97 Å². The summed E-state index contributed by atoms with van der Waals surface area (Å²) < 4.78 is 8.38. The van der Waals surface area contributed by atoms with Crippen LogP contribution in [0.4, 0.5) is 0 Å². The molecule has 0 aliphatic carbocycles. The van der Waals surface area contributed by atoms with Crippen LogP contribution in [0, 0.1) is 11.8 Å². The summed E-state index contributed by atoms with van der Waals surface area (Å²) in [6.07, 6.45) is 4.75. The normalized spacial score (nSPS) is 11.5. The number of carboxylic acid groups (broad SMARTS) is 1. The minimum Gasteiger partial charge on any atom is -0.481 e. The van der Waals surface area contributed by atoms with Gasteiger partial charge in [-0.25, -0.2) is 0 Å². The Labute approximate surface area is 266 Å². The topological polar surface area (TPSA) is 68.5 Å². The van der Waals surface area contributed by atoms with Gasteiger partial charge in [0, 0.05) is 23.6 Å². The van der Waals surface area contributed by atoms with Crippen molar-refractivity contribution in [2.24, 2.45) is 11.8 Å². The van der Waals surface area contributed by atoms with Gasteiger partial charge in [-0.3, -0.25) is 14.2 Å². The molecule has 5 rings (SSSR count). The zero-order valence-corrected chi connectivity index (χ0v) is 26.7. The molecule has 0 bridgehead atoms. The Bertz CT molecular complexity index is 1690. The van der Waals surface area contributed by atoms with Crippen LogP contribution in [0.2, 0.25) is 0 Å². The molecule has 1 N–H and O–H groups in total. The first-order valence-electron chi connectivity index (χ1n) is 16.0. The van der Waals surface area contributed by atoms with E-state index in [4.69, 9.17) is 9.84 Å². The predicted octanol–water partition coefficient (Wildman–Crippen LogP) is 9.30. The number of carbonyl (C=O) groups excluding carboxylic acids is 1. The molecule has 0 saturated carbocycles. The van der Waals surface area contributed by atoms with Crippen molar-refractivity contribution in [3.8, 4) is 5.75 Å². The summed E-state index contributed by atoms with van der Waals surface area (Å²) >= 11 is 0. The van der Waals surface area contributed by atoms with Crippen LogP contribution in [-0.2, 0) is 24.1 Å². The molecular formula is C40H43NO4. The van der Waals surface area contributed by atoms with Gasteiger partial charge in [0.25, 0.3) is 5.91 Å². The molecule has 232 valence electrons. The molecule has 0 unspecified atom stereocenters. The van der Waals surface area contributed by atoms with Crippen molar-refractivity contribution in [2.45, 2.75) is 65.9 Å². The lowest BCUT2D eigenvalue weighted by Crippen LogP contribution is -2.13. The molecule has 0 saturated heterocycles. The van der Waals surface area contributed by atoms with Crippen LogP contribution in [0.1, 0.15) is 84.8 Å². The first-order chi connectivity index (χ1) is 21.7. The summed E-state index contributed by atoms with van der Waals surface area (Å²) in [5.41, 5.74) is 7.00. The molecule has 4 aromatic carbocycles. The van der Waals surface area contributed by atoms with Crippen LogP contribution in [0.3, 0.4) is 0 Å². The molecule has 0 fully saturated rings. The van der Waals surface area contributed by atoms with E-state index in [1.54, 1.807) is 4.57 Å². The smallest absolute Gasteiger partial charge is 0.303 e. The Morgan fingerprint density at radius 2 is 1.36 bits per heavy atom. The van der Waals surface area contributed by atoms with Gasteiger partial charge in [-0.05, 0) is 89.6 Å². The van der Waals surface area contributed by atoms with Crippen molar-refractivity contribution >= 4 is 22.8 Å². The second-order valence-corrected chi connectivity index (χ2v) is 12.8. The van der Waals surface area contributed by atoms with E-state index in [9.17, 15) is 9.59 Å². The molecule has 0 amide bonds. The summed E-state index contributed by atoms with van der Waals surface area (Å²) in [4.78, 5) is 25.0. The second kappa shape index (κ2) is 14.4. The second-order valence-electron chi connectivity index (χ2n) is 12.8. The lowest BCUT2D eigenvalue weighted by atomic mass is 9.95. The number of hydrogen-bond acceptors (Lipinski definition) is 3. The highest BCUT2D eigenvalue weighted by Crippen LogP contribution is 2.31. The quantitative estimate of drug-likeness (QED) is 0.146. The van der Waals surface area contributed by atoms with Crippen LogP contribution < -0.4 is 4.74 Å². The summed E-state index contributed by atoms with van der Waals surface area (Å²) in [6, 6.07) is 32.5. The number of ether oxygens (including phenoxy) is 1. The van der Waals surface area contributed by atoms with Crippen molar-refractivity contribution in [3.63, 3.8) is 0 Å². The molecule has 0 aliphatic heterocycles. The number of aromatic nitrogens is 1. The van der Waals surface area contributed by atoms with Gasteiger partial charge < -0.3 is 9.84 Å². The minimum atomic E-state index is -0.817. The van der Waals surface area contributed by atoms with Crippen LogP contribution in [0.25, 0.3) is 10.9 Å². The third-order valence-corrected chi connectivity index (χ3v) is 8.04. The molecule has 1 heterocycles. The number of para-hydroxylation sites is 1. The first kappa shape index (κ1) is 31.8. The van der Waals surface area contributed by atoms with Gasteiger partial charge in [-0.1, -0.05) is 100 Å². The van der Waals surface area contributed by atoms with E-state index in [2.05, 4.69) is 76.2 Å². The molecule has 5 heteroatoms. The van der Waals surface area contributed by atoms with Gasteiger partial charge in [0.2, 0.25) is 0 Å². The summed E-state index contributed by atoms with van der Waals surface area (Å²) in [6.45, 7) is 8.90. The summed E-state index contributed by atoms with van der Waals surface area (Å²) in [7, 11) is 0. The van der Waals surface area contributed by atoms with Crippen LogP contribution in [-0.4, -0.2) is 21.6 Å². The fourth-order valence-corrected chi connectivity index (χ4v) is 5.95. The third kappa shape index (κ3) is 8.10. The maximum atomic E-state index is 13.9. The maximum Gasteiger partial charge on any atom is 0.303 e. The molecule has 1 aromatic heterocycles. The van der Waals surface area contributed by atoms with Gasteiger partial charge in [0.1, 0.15) is 11.9 Å². The molecule has 5 nitrogen and oxygen atoms in total. The van der Waals surface area contributed by atoms with Crippen molar-refractivity contribution in [3.05, 3.63) is 137 Å². The Morgan fingerprint density at radius 3 is 1.93 bits per heavy atom. The minimum absolute atomic E-state index is 0.0922. The molecule has 0 spiro atoms. The highest BCUT2D eigenvalue weighted by atomic mass is 16.5. The van der Waals surface area contributed by atoms with E-state index >= 15 is 0 Å². The molecular weight excluding hydrogens is 558 g/mol. The van der Waals surface area contributed by atoms with E-state index in [1.165, 1.54) is 11.1 Å². The number of nitrogens with zero attached hydrogens (tertiary/aromatic N) is 1. The molecule has 0 radical (unpaired) electrons.